The lowest BCUT2D eigenvalue weighted by Crippen LogP contribution is -2.37. The predicted octanol–water partition coefficient (Wildman–Crippen LogP) is 3.84. The first-order chi connectivity index (χ1) is 15.5. The third kappa shape index (κ3) is 5.76. The Bertz CT molecular complexity index is 869. The number of methoxy groups -OCH3 is 3. The van der Waals surface area contributed by atoms with E-state index in [1.165, 1.54) is 47.0 Å². The first kappa shape index (κ1) is 24.0. The van der Waals surface area contributed by atoms with Crippen molar-refractivity contribution < 1.29 is 28.6 Å². The molecule has 1 heterocycles. The van der Waals surface area contributed by atoms with Crippen molar-refractivity contribution in [3.05, 3.63) is 22.6 Å². The van der Waals surface area contributed by atoms with Gasteiger partial charge >= 0.3 is 0 Å². The van der Waals surface area contributed by atoms with Gasteiger partial charge in [0.1, 0.15) is 0 Å². The van der Waals surface area contributed by atoms with Crippen LogP contribution in [0.5, 0.6) is 17.2 Å². The Morgan fingerprint density at radius 2 is 1.78 bits per heavy atom. The number of hydrogen-bond donors (Lipinski definition) is 1. The summed E-state index contributed by atoms with van der Waals surface area (Å²) in [5, 5.41) is 2.47. The molecule has 0 spiro atoms. The summed E-state index contributed by atoms with van der Waals surface area (Å²) < 4.78 is 16.0. The molecular formula is C23H30N2O6S. The minimum atomic E-state index is -0.381. The van der Waals surface area contributed by atoms with Crippen LogP contribution >= 0.6 is 11.8 Å². The second-order valence-electron chi connectivity index (χ2n) is 7.83. The smallest absolute Gasteiger partial charge is 0.293 e. The largest absolute Gasteiger partial charge is 0.493 e. The quantitative estimate of drug-likeness (QED) is 0.528. The monoisotopic (exact) mass is 462 g/mol. The van der Waals surface area contributed by atoms with E-state index in [4.69, 9.17) is 14.2 Å². The highest BCUT2D eigenvalue weighted by Gasteiger charge is 2.34. The van der Waals surface area contributed by atoms with Crippen LogP contribution in [0.1, 0.15) is 44.1 Å². The Balaban J connectivity index is 1.58. The van der Waals surface area contributed by atoms with Crippen LogP contribution in [-0.2, 0) is 9.59 Å². The summed E-state index contributed by atoms with van der Waals surface area (Å²) in [5.41, 5.74) is 0.644. The Hall–Kier alpha value is -2.68. The van der Waals surface area contributed by atoms with Crippen LogP contribution in [0.15, 0.2) is 17.0 Å². The lowest BCUT2D eigenvalue weighted by Gasteiger charge is -2.14. The van der Waals surface area contributed by atoms with Gasteiger partial charge in [-0.2, -0.15) is 0 Å². The summed E-state index contributed by atoms with van der Waals surface area (Å²) in [6.45, 7) is 0.394. The number of hydrogen-bond acceptors (Lipinski definition) is 7. The molecule has 1 aliphatic heterocycles. The van der Waals surface area contributed by atoms with Crippen molar-refractivity contribution in [3.8, 4) is 17.2 Å². The lowest BCUT2D eigenvalue weighted by molar-refractivity contribution is -0.124. The van der Waals surface area contributed by atoms with Gasteiger partial charge in [0, 0.05) is 19.5 Å². The number of amides is 3. The first-order valence-corrected chi connectivity index (χ1v) is 11.6. The number of carbonyl (C=O) groups is 3. The number of thioether (sulfide) groups is 1. The highest BCUT2D eigenvalue weighted by molar-refractivity contribution is 8.18. The van der Waals surface area contributed by atoms with Gasteiger partial charge in [-0.1, -0.05) is 25.7 Å². The number of imide groups is 1. The Kier molecular flexibility index (Phi) is 8.44. The molecule has 8 nitrogen and oxygen atoms in total. The lowest BCUT2D eigenvalue weighted by atomic mass is 10.0. The van der Waals surface area contributed by atoms with E-state index >= 15 is 0 Å². The zero-order valence-corrected chi connectivity index (χ0v) is 19.6. The Morgan fingerprint density at radius 3 is 2.38 bits per heavy atom. The molecule has 9 heteroatoms. The van der Waals surface area contributed by atoms with Crippen LogP contribution in [-0.4, -0.2) is 56.4 Å². The summed E-state index contributed by atoms with van der Waals surface area (Å²) in [4.78, 5) is 38.6. The number of ether oxygens (including phenoxy) is 3. The van der Waals surface area contributed by atoms with Gasteiger partial charge in [-0.15, -0.1) is 0 Å². The van der Waals surface area contributed by atoms with E-state index in [2.05, 4.69) is 5.32 Å². The van der Waals surface area contributed by atoms with Crippen LogP contribution in [0.2, 0.25) is 0 Å². The highest BCUT2D eigenvalue weighted by Crippen LogP contribution is 2.40. The third-order valence-corrected chi connectivity index (χ3v) is 6.68. The first-order valence-electron chi connectivity index (χ1n) is 10.8. The molecule has 1 aromatic carbocycles. The maximum absolute atomic E-state index is 12.7. The summed E-state index contributed by atoms with van der Waals surface area (Å²) in [6, 6.07) is 3.42. The maximum atomic E-state index is 12.7. The normalized spacial score (nSPS) is 17.8. The van der Waals surface area contributed by atoms with E-state index in [1.54, 1.807) is 18.2 Å². The van der Waals surface area contributed by atoms with Crippen LogP contribution in [0.4, 0.5) is 4.79 Å². The Labute approximate surface area is 192 Å². The molecule has 1 N–H and O–H groups in total. The molecule has 0 unspecified atom stereocenters. The average molecular weight is 463 g/mol. The van der Waals surface area contributed by atoms with E-state index in [0.717, 1.165) is 23.1 Å². The number of benzene rings is 1. The second-order valence-corrected chi connectivity index (χ2v) is 8.82. The Morgan fingerprint density at radius 1 is 1.12 bits per heavy atom. The summed E-state index contributed by atoms with van der Waals surface area (Å²) in [5.74, 6) is 1.60. The SMILES string of the molecule is COc1cc(/C=C2\SC(=O)N(CCNC(=O)CCC3CCCC3)C2=O)cc(OC)c1OC. The van der Waals surface area contributed by atoms with Crippen molar-refractivity contribution in [2.75, 3.05) is 34.4 Å². The molecule has 2 fully saturated rings. The van der Waals surface area contributed by atoms with Gasteiger partial charge in [0.05, 0.1) is 26.2 Å². The summed E-state index contributed by atoms with van der Waals surface area (Å²) in [7, 11) is 4.53. The molecule has 0 atom stereocenters. The van der Waals surface area contributed by atoms with Gasteiger partial charge in [-0.05, 0) is 47.9 Å². The minimum absolute atomic E-state index is 0.0307. The van der Waals surface area contributed by atoms with E-state index < -0.39 is 0 Å². The van der Waals surface area contributed by atoms with Gasteiger partial charge in [0.2, 0.25) is 11.7 Å². The van der Waals surface area contributed by atoms with Crippen LogP contribution in [0.25, 0.3) is 6.08 Å². The molecule has 3 rings (SSSR count). The van der Waals surface area contributed by atoms with Crippen LogP contribution in [0.3, 0.4) is 0 Å². The van der Waals surface area contributed by atoms with Gasteiger partial charge in [-0.3, -0.25) is 19.3 Å². The standard InChI is InChI=1S/C23H30N2O6S/c1-29-17-12-16(13-18(30-2)21(17)31-3)14-19-22(27)25(23(28)32-19)11-10-24-20(26)9-8-15-6-4-5-7-15/h12-15H,4-11H2,1-3H3,(H,24,26)/b19-14-. The average Bonchev–Trinajstić information content (AvgIpc) is 3.40. The van der Waals surface area contributed by atoms with E-state index in [9.17, 15) is 14.4 Å². The molecule has 2 aliphatic rings. The zero-order valence-electron chi connectivity index (χ0n) is 18.8. The van der Waals surface area contributed by atoms with E-state index in [-0.39, 0.29) is 30.1 Å². The molecule has 0 radical (unpaired) electrons. The molecule has 0 bridgehead atoms. The topological polar surface area (TPSA) is 94.2 Å². The fourth-order valence-electron chi connectivity index (χ4n) is 4.06. The summed E-state index contributed by atoms with van der Waals surface area (Å²) in [6.07, 6.45) is 7.96. The van der Waals surface area contributed by atoms with Crippen molar-refractivity contribution in [3.63, 3.8) is 0 Å². The number of carbonyl (C=O) groups excluding carboxylic acids is 3. The number of nitrogens with one attached hydrogen (secondary N) is 1. The van der Waals surface area contributed by atoms with Gasteiger partial charge in [0.25, 0.3) is 11.1 Å². The predicted molar refractivity (Wildman–Crippen MR) is 123 cm³/mol. The van der Waals surface area contributed by atoms with Crippen LogP contribution < -0.4 is 19.5 Å². The molecule has 1 saturated carbocycles. The molecule has 174 valence electrons. The zero-order chi connectivity index (χ0) is 23.1. The van der Waals surface area contributed by atoms with Crippen molar-refractivity contribution in [2.24, 2.45) is 5.92 Å². The molecule has 0 aromatic heterocycles. The van der Waals surface area contributed by atoms with Crippen LogP contribution in [0, 0.1) is 5.92 Å². The molecule has 1 aromatic rings. The highest BCUT2D eigenvalue weighted by atomic mass is 32.2. The van der Waals surface area contributed by atoms with E-state index in [0.29, 0.717) is 40.1 Å². The molecule has 1 aliphatic carbocycles. The van der Waals surface area contributed by atoms with Gasteiger partial charge in [-0.25, -0.2) is 0 Å². The van der Waals surface area contributed by atoms with Crippen molar-refractivity contribution in [1.82, 2.24) is 10.2 Å². The van der Waals surface area contributed by atoms with Gasteiger partial charge in [0.15, 0.2) is 11.5 Å². The van der Waals surface area contributed by atoms with E-state index in [1.807, 2.05) is 0 Å². The molecule has 1 saturated heterocycles. The third-order valence-electron chi connectivity index (χ3n) is 5.77. The maximum Gasteiger partial charge on any atom is 0.293 e. The molecule has 3 amide bonds. The van der Waals surface area contributed by atoms with Crippen molar-refractivity contribution in [1.29, 1.82) is 0 Å². The minimum Gasteiger partial charge on any atom is -0.493 e. The molecular weight excluding hydrogens is 432 g/mol. The summed E-state index contributed by atoms with van der Waals surface area (Å²) >= 11 is 0.872. The van der Waals surface area contributed by atoms with Crippen molar-refractivity contribution >= 4 is 34.9 Å². The van der Waals surface area contributed by atoms with Gasteiger partial charge < -0.3 is 19.5 Å². The fourth-order valence-corrected chi connectivity index (χ4v) is 4.92. The fraction of sp³-hybridized carbons (Fsp3) is 0.522. The second kappa shape index (κ2) is 11.3. The number of nitrogens with zero attached hydrogens (tertiary/aromatic N) is 1. The number of rotatable bonds is 10. The molecule has 32 heavy (non-hydrogen) atoms. The van der Waals surface area contributed by atoms with Crippen molar-refractivity contribution in [2.45, 2.75) is 38.5 Å².